The van der Waals surface area contributed by atoms with Crippen molar-refractivity contribution in [3.05, 3.63) is 24.3 Å². The van der Waals surface area contributed by atoms with Gasteiger partial charge in [0.1, 0.15) is 5.75 Å². The van der Waals surface area contributed by atoms with Gasteiger partial charge in [0.15, 0.2) is 12.6 Å². The average molecular weight is 518 g/mol. The molecule has 2 aliphatic heterocycles. The van der Waals surface area contributed by atoms with E-state index in [0.717, 1.165) is 43.3 Å². The first-order valence-corrected chi connectivity index (χ1v) is 9.83. The Balaban J connectivity index is 0.00000300. The van der Waals surface area contributed by atoms with E-state index in [4.69, 9.17) is 9.47 Å². The van der Waals surface area contributed by atoms with Gasteiger partial charge in [0.05, 0.1) is 12.3 Å². The van der Waals surface area contributed by atoms with E-state index in [9.17, 15) is 9.90 Å². The van der Waals surface area contributed by atoms with Crippen molar-refractivity contribution in [1.82, 2.24) is 10.6 Å². The first-order valence-electron chi connectivity index (χ1n) is 9.83. The lowest BCUT2D eigenvalue weighted by Crippen LogP contribution is -2.45. The average Bonchev–Trinajstić information content (AvgIpc) is 3.18. The molecule has 2 aliphatic rings. The van der Waals surface area contributed by atoms with Gasteiger partial charge < -0.3 is 30.1 Å². The minimum absolute atomic E-state index is 0. The fraction of sp³-hybridized carbons (Fsp3) is 0.600. The largest absolute Gasteiger partial charge is 0.482 e. The van der Waals surface area contributed by atoms with E-state index < -0.39 is 0 Å². The summed E-state index contributed by atoms with van der Waals surface area (Å²) in [6.07, 6.45) is 2.44. The molecular formula is C20H31IN4O4. The first kappa shape index (κ1) is 23.7. The number of amides is 1. The molecule has 162 valence electrons. The lowest BCUT2D eigenvalue weighted by molar-refractivity contribution is -0.121. The Bertz CT molecular complexity index is 695. The van der Waals surface area contributed by atoms with Crippen molar-refractivity contribution in [3.8, 4) is 5.75 Å². The van der Waals surface area contributed by atoms with Crippen LogP contribution in [0.25, 0.3) is 0 Å². The van der Waals surface area contributed by atoms with Gasteiger partial charge in [0.25, 0.3) is 5.91 Å². The number of nitrogens with one attached hydrogen (secondary N) is 2. The van der Waals surface area contributed by atoms with Crippen molar-refractivity contribution in [3.63, 3.8) is 0 Å². The van der Waals surface area contributed by atoms with Gasteiger partial charge in [-0.3, -0.25) is 9.79 Å². The number of guanidine groups is 1. The maximum atomic E-state index is 12.2. The summed E-state index contributed by atoms with van der Waals surface area (Å²) in [6.45, 7) is 3.66. The number of nitrogens with zero attached hydrogens (tertiary/aromatic N) is 2. The van der Waals surface area contributed by atoms with Crippen LogP contribution in [0.2, 0.25) is 0 Å². The molecule has 1 fully saturated rings. The van der Waals surface area contributed by atoms with Gasteiger partial charge >= 0.3 is 0 Å². The van der Waals surface area contributed by atoms with E-state index in [1.165, 1.54) is 0 Å². The molecule has 0 aromatic heterocycles. The molecule has 3 rings (SSSR count). The van der Waals surface area contributed by atoms with Crippen LogP contribution in [0.5, 0.6) is 5.75 Å². The van der Waals surface area contributed by atoms with Gasteiger partial charge in [-0.1, -0.05) is 12.1 Å². The SMILES string of the molecule is CN=C(NCCCN1C(=O)COc2ccccc21)NCC1(CCO)CCOC1.I. The third-order valence-electron chi connectivity index (χ3n) is 5.34. The molecule has 29 heavy (non-hydrogen) atoms. The van der Waals surface area contributed by atoms with Crippen molar-refractivity contribution < 1.29 is 19.4 Å². The van der Waals surface area contributed by atoms with E-state index >= 15 is 0 Å². The van der Waals surface area contributed by atoms with Crippen LogP contribution in [0, 0.1) is 5.41 Å². The minimum Gasteiger partial charge on any atom is -0.482 e. The molecule has 1 atom stereocenters. The molecule has 8 nitrogen and oxygen atoms in total. The number of aliphatic hydroxyl groups is 1. The number of aliphatic hydroxyl groups excluding tert-OH is 1. The van der Waals surface area contributed by atoms with Gasteiger partial charge in [0, 0.05) is 45.3 Å². The predicted molar refractivity (Wildman–Crippen MR) is 123 cm³/mol. The van der Waals surface area contributed by atoms with Crippen LogP contribution in [0.15, 0.2) is 29.3 Å². The quantitative estimate of drug-likeness (QED) is 0.208. The number of fused-ring (bicyclic) bond motifs is 1. The Morgan fingerprint density at radius 3 is 2.90 bits per heavy atom. The Morgan fingerprint density at radius 1 is 1.34 bits per heavy atom. The van der Waals surface area contributed by atoms with E-state index in [-0.39, 0.29) is 48.5 Å². The molecule has 2 heterocycles. The lowest BCUT2D eigenvalue weighted by atomic mass is 9.84. The van der Waals surface area contributed by atoms with Crippen LogP contribution in [0.3, 0.4) is 0 Å². The highest BCUT2D eigenvalue weighted by Crippen LogP contribution is 2.32. The fourth-order valence-electron chi connectivity index (χ4n) is 3.65. The van der Waals surface area contributed by atoms with E-state index in [0.29, 0.717) is 26.2 Å². The van der Waals surface area contributed by atoms with Crippen LogP contribution in [0.4, 0.5) is 5.69 Å². The van der Waals surface area contributed by atoms with Crippen LogP contribution < -0.4 is 20.3 Å². The molecule has 1 aromatic rings. The number of para-hydroxylation sites is 2. The molecule has 1 unspecified atom stereocenters. The number of halogens is 1. The molecule has 1 amide bonds. The predicted octanol–water partition coefficient (Wildman–Crippen LogP) is 1.37. The monoisotopic (exact) mass is 518 g/mol. The van der Waals surface area contributed by atoms with Gasteiger partial charge in [-0.25, -0.2) is 0 Å². The third kappa shape index (κ3) is 6.19. The van der Waals surface area contributed by atoms with Crippen LogP contribution in [-0.4, -0.2) is 70.1 Å². The molecular weight excluding hydrogens is 487 g/mol. The second kappa shape index (κ2) is 11.6. The Kier molecular flexibility index (Phi) is 9.44. The molecule has 1 saturated heterocycles. The molecule has 1 aromatic carbocycles. The van der Waals surface area contributed by atoms with E-state index in [1.807, 2.05) is 24.3 Å². The highest BCUT2D eigenvalue weighted by molar-refractivity contribution is 14.0. The number of rotatable bonds is 8. The number of hydrogen-bond acceptors (Lipinski definition) is 5. The zero-order chi connectivity index (χ0) is 19.8. The van der Waals surface area contributed by atoms with Crippen LogP contribution in [-0.2, 0) is 9.53 Å². The first-order chi connectivity index (χ1) is 13.7. The second-order valence-corrected chi connectivity index (χ2v) is 7.28. The highest BCUT2D eigenvalue weighted by atomic mass is 127. The summed E-state index contributed by atoms with van der Waals surface area (Å²) in [5.74, 6) is 1.45. The Hall–Kier alpha value is -1.59. The van der Waals surface area contributed by atoms with Crippen molar-refractivity contribution in [2.75, 3.05) is 58.0 Å². The second-order valence-electron chi connectivity index (χ2n) is 7.28. The highest BCUT2D eigenvalue weighted by Gasteiger charge is 2.34. The van der Waals surface area contributed by atoms with E-state index in [1.54, 1.807) is 11.9 Å². The number of aliphatic imine (C=N–C) groups is 1. The summed E-state index contributed by atoms with van der Waals surface area (Å²) in [6, 6.07) is 7.61. The molecule has 0 bridgehead atoms. The number of ether oxygens (including phenoxy) is 2. The summed E-state index contributed by atoms with van der Waals surface area (Å²) in [4.78, 5) is 18.2. The summed E-state index contributed by atoms with van der Waals surface area (Å²) >= 11 is 0. The van der Waals surface area contributed by atoms with Crippen molar-refractivity contribution in [2.24, 2.45) is 10.4 Å². The molecule has 0 saturated carbocycles. The molecule has 0 spiro atoms. The lowest BCUT2D eigenvalue weighted by Gasteiger charge is -2.29. The Morgan fingerprint density at radius 2 is 2.17 bits per heavy atom. The summed E-state index contributed by atoms with van der Waals surface area (Å²) in [5.41, 5.74) is 0.796. The molecule has 0 aliphatic carbocycles. The number of carbonyl (C=O) groups is 1. The smallest absolute Gasteiger partial charge is 0.265 e. The number of hydrogen-bond donors (Lipinski definition) is 3. The summed E-state index contributed by atoms with van der Waals surface area (Å²) in [7, 11) is 1.74. The standard InChI is InChI=1S/C20H30N4O4.HI/c1-21-19(23-14-20(7-11-25)8-12-27-15-20)22-9-4-10-24-16-5-2-3-6-17(16)28-13-18(24)26;/h2-3,5-6,25H,4,7-15H2,1H3,(H2,21,22,23);1H. The zero-order valence-corrected chi connectivity index (χ0v) is 19.2. The van der Waals surface area contributed by atoms with Gasteiger partial charge in [-0.05, 0) is 31.4 Å². The number of carbonyl (C=O) groups excluding carboxylic acids is 1. The summed E-state index contributed by atoms with van der Waals surface area (Å²) < 4.78 is 11.0. The normalized spacial score (nSPS) is 21.2. The van der Waals surface area contributed by atoms with Gasteiger partial charge in [-0.2, -0.15) is 0 Å². The number of anilines is 1. The number of benzene rings is 1. The zero-order valence-electron chi connectivity index (χ0n) is 16.9. The summed E-state index contributed by atoms with van der Waals surface area (Å²) in [5, 5.41) is 16.0. The topological polar surface area (TPSA) is 95.4 Å². The molecule has 9 heteroatoms. The van der Waals surface area contributed by atoms with Gasteiger partial charge in [0.2, 0.25) is 0 Å². The minimum atomic E-state index is -0.0314. The van der Waals surface area contributed by atoms with E-state index in [2.05, 4.69) is 15.6 Å². The molecule has 3 N–H and O–H groups in total. The van der Waals surface area contributed by atoms with Crippen LogP contribution in [0.1, 0.15) is 19.3 Å². The maximum Gasteiger partial charge on any atom is 0.265 e. The van der Waals surface area contributed by atoms with Crippen LogP contribution >= 0.6 is 24.0 Å². The van der Waals surface area contributed by atoms with Gasteiger partial charge in [-0.15, -0.1) is 24.0 Å². The maximum absolute atomic E-state index is 12.2. The fourth-order valence-corrected chi connectivity index (χ4v) is 3.65. The Labute approximate surface area is 189 Å². The molecule has 0 radical (unpaired) electrons. The third-order valence-corrected chi connectivity index (χ3v) is 5.34. The van der Waals surface area contributed by atoms with Crippen molar-refractivity contribution >= 4 is 41.5 Å². The van der Waals surface area contributed by atoms with Crippen molar-refractivity contribution in [2.45, 2.75) is 19.3 Å². The van der Waals surface area contributed by atoms with Crippen molar-refractivity contribution in [1.29, 1.82) is 0 Å².